The van der Waals surface area contributed by atoms with Gasteiger partial charge >= 0.3 is 0 Å². The van der Waals surface area contributed by atoms with Crippen LogP contribution in [0.1, 0.15) is 149 Å². The van der Waals surface area contributed by atoms with Crippen LogP contribution in [-0.2, 0) is 9.47 Å². The highest BCUT2D eigenvalue weighted by atomic mass is 16.5. The molecular weight excluding hydrogens is 417 g/mol. The second-order valence-electron chi connectivity index (χ2n) is 11.1. The minimum absolute atomic E-state index is 0.256. The summed E-state index contributed by atoms with van der Waals surface area (Å²) in [7, 11) is 4.06. The molecule has 0 N–H and O–H groups in total. The molecule has 34 heavy (non-hydrogen) atoms. The lowest BCUT2D eigenvalue weighted by Crippen LogP contribution is -2.43. The first kappa shape index (κ1) is 32.0. The molecule has 0 amide bonds. The van der Waals surface area contributed by atoms with E-state index in [0.717, 1.165) is 6.61 Å². The number of hydrogen-bond donors (Lipinski definition) is 0. The van der Waals surface area contributed by atoms with Crippen molar-refractivity contribution in [2.24, 2.45) is 0 Å². The smallest absolute Gasteiger partial charge is 0.139 e. The predicted molar refractivity (Wildman–Crippen MR) is 153 cm³/mol. The van der Waals surface area contributed by atoms with Crippen LogP contribution in [0.5, 0.6) is 0 Å². The lowest BCUT2D eigenvalue weighted by Gasteiger charge is -2.32. The van der Waals surface area contributed by atoms with Crippen molar-refractivity contribution in [3.8, 4) is 0 Å². The molecule has 4 heteroatoms. The van der Waals surface area contributed by atoms with E-state index in [4.69, 9.17) is 9.47 Å². The van der Waals surface area contributed by atoms with Gasteiger partial charge in [0, 0.05) is 19.2 Å². The molecule has 0 aromatic carbocycles. The normalized spacial score (nSPS) is 20.5. The lowest BCUT2D eigenvalue weighted by molar-refractivity contribution is -0.00536. The Hall–Kier alpha value is -0.0551. The summed E-state index contributed by atoms with van der Waals surface area (Å²) >= 11 is 0. The molecule has 0 aromatic rings. The zero-order valence-corrected chi connectivity index (χ0v) is 24.0. The summed E-state index contributed by atoms with van der Waals surface area (Å²) in [5, 5.41) is 0. The minimum Gasteiger partial charge on any atom is -0.382 e. The SMILES string of the molecule is B[C@H]1CC(N(CCCCCCCCCCCC)CCCCCCCCCCCC)[C@@H](COC)O1. The monoisotopic (exact) mass is 479 g/mol. The molecule has 1 aliphatic rings. The highest BCUT2D eigenvalue weighted by Crippen LogP contribution is 2.25. The Morgan fingerprint density at radius 3 is 1.41 bits per heavy atom. The fourth-order valence-corrected chi connectivity index (χ4v) is 5.68. The number of unbranched alkanes of at least 4 members (excludes halogenated alkanes) is 18. The topological polar surface area (TPSA) is 21.7 Å². The van der Waals surface area contributed by atoms with Crippen molar-refractivity contribution in [3.05, 3.63) is 0 Å². The summed E-state index contributed by atoms with van der Waals surface area (Å²) in [6.07, 6.45) is 29.7. The van der Waals surface area contributed by atoms with Gasteiger partial charge in [-0.15, -0.1) is 0 Å². The predicted octanol–water partition coefficient (Wildman–Crippen LogP) is 7.89. The highest BCUT2D eigenvalue weighted by Gasteiger charge is 2.36. The summed E-state index contributed by atoms with van der Waals surface area (Å²) in [5.41, 5.74) is 0. The van der Waals surface area contributed by atoms with Crippen LogP contribution in [0, 0.1) is 0 Å². The van der Waals surface area contributed by atoms with E-state index in [9.17, 15) is 0 Å². The van der Waals surface area contributed by atoms with Gasteiger partial charge in [-0.1, -0.05) is 129 Å². The van der Waals surface area contributed by atoms with Gasteiger partial charge in [0.25, 0.3) is 0 Å². The third-order valence-corrected chi connectivity index (χ3v) is 7.81. The third-order valence-electron chi connectivity index (χ3n) is 7.81. The molecule has 1 aliphatic heterocycles. The maximum absolute atomic E-state index is 6.23. The van der Waals surface area contributed by atoms with Crippen LogP contribution in [0.25, 0.3) is 0 Å². The quantitative estimate of drug-likeness (QED) is 0.0981. The van der Waals surface area contributed by atoms with Crippen LogP contribution >= 0.6 is 0 Å². The fourth-order valence-electron chi connectivity index (χ4n) is 5.68. The molecule has 1 rings (SSSR count). The molecule has 1 unspecified atom stereocenters. The first-order chi connectivity index (χ1) is 16.7. The molecule has 202 valence electrons. The number of nitrogens with zero attached hydrogens (tertiary/aromatic N) is 1. The summed E-state index contributed by atoms with van der Waals surface area (Å²) < 4.78 is 11.7. The van der Waals surface area contributed by atoms with Crippen molar-refractivity contribution in [1.82, 2.24) is 4.90 Å². The van der Waals surface area contributed by atoms with E-state index in [1.807, 2.05) is 7.11 Å². The van der Waals surface area contributed by atoms with E-state index in [2.05, 4.69) is 26.6 Å². The summed E-state index contributed by atoms with van der Waals surface area (Å²) in [6, 6.07) is 0.917. The Balaban J connectivity index is 2.25. The lowest BCUT2D eigenvalue weighted by atomic mass is 9.93. The van der Waals surface area contributed by atoms with E-state index in [-0.39, 0.29) is 6.10 Å². The molecule has 3 nitrogen and oxygen atoms in total. The Bertz CT molecular complexity index is 399. The van der Waals surface area contributed by atoms with E-state index in [1.165, 1.54) is 148 Å². The zero-order valence-electron chi connectivity index (χ0n) is 24.0. The van der Waals surface area contributed by atoms with E-state index in [0.29, 0.717) is 12.0 Å². The Morgan fingerprint density at radius 2 is 1.03 bits per heavy atom. The van der Waals surface area contributed by atoms with Gasteiger partial charge < -0.3 is 9.47 Å². The zero-order chi connectivity index (χ0) is 24.7. The molecule has 0 radical (unpaired) electrons. The molecule has 1 heterocycles. The van der Waals surface area contributed by atoms with Crippen LogP contribution in [0.2, 0.25) is 0 Å². The van der Waals surface area contributed by atoms with Gasteiger partial charge in [0.05, 0.1) is 12.7 Å². The highest BCUT2D eigenvalue weighted by molar-refractivity contribution is 6.11. The molecule has 3 atom stereocenters. The van der Waals surface area contributed by atoms with Crippen molar-refractivity contribution >= 4 is 7.85 Å². The maximum atomic E-state index is 6.23. The van der Waals surface area contributed by atoms with Crippen LogP contribution in [0.4, 0.5) is 0 Å². The van der Waals surface area contributed by atoms with Crippen LogP contribution < -0.4 is 0 Å². The van der Waals surface area contributed by atoms with Crippen molar-refractivity contribution < 1.29 is 9.47 Å². The van der Waals surface area contributed by atoms with E-state index in [1.54, 1.807) is 0 Å². The number of hydrogen-bond acceptors (Lipinski definition) is 3. The van der Waals surface area contributed by atoms with Gasteiger partial charge in [0.2, 0.25) is 0 Å². The minimum atomic E-state index is 0.256. The summed E-state index contributed by atoms with van der Waals surface area (Å²) in [6.45, 7) is 7.83. The molecule has 1 saturated heterocycles. The Morgan fingerprint density at radius 1 is 0.647 bits per heavy atom. The maximum Gasteiger partial charge on any atom is 0.139 e. The Labute approximate surface area is 215 Å². The molecule has 0 saturated carbocycles. The summed E-state index contributed by atoms with van der Waals surface area (Å²) in [4.78, 5) is 2.78. The Kier molecular flexibility index (Phi) is 22.0. The molecule has 0 spiro atoms. The number of methoxy groups -OCH3 is 1. The number of rotatable bonds is 25. The molecular formula is C30H62BNO2. The van der Waals surface area contributed by atoms with Gasteiger partial charge in [-0.3, -0.25) is 4.90 Å². The standard InChI is InChI=1S/C30H62BNO2/c1-4-6-8-10-12-14-16-18-20-22-24-32(28-26-30(31)34-29(28)27-33-3)25-23-21-19-17-15-13-11-9-7-5-2/h28-30H,4-27,31H2,1-3H3/t28?,29-,30-/m1/s1. The van der Waals surface area contributed by atoms with Gasteiger partial charge in [-0.05, 0) is 32.4 Å². The first-order valence-corrected chi connectivity index (χ1v) is 15.6. The second-order valence-corrected chi connectivity index (χ2v) is 11.1. The van der Waals surface area contributed by atoms with Gasteiger partial charge in [0.15, 0.2) is 0 Å². The molecule has 0 aromatic heterocycles. The van der Waals surface area contributed by atoms with Gasteiger partial charge in [-0.2, -0.15) is 0 Å². The third kappa shape index (κ3) is 16.6. The summed E-state index contributed by atoms with van der Waals surface area (Å²) in [5.74, 6) is 0. The molecule has 1 fully saturated rings. The molecule has 0 aliphatic carbocycles. The van der Waals surface area contributed by atoms with Gasteiger partial charge in [0.1, 0.15) is 7.85 Å². The second kappa shape index (κ2) is 23.3. The van der Waals surface area contributed by atoms with Gasteiger partial charge in [-0.25, -0.2) is 0 Å². The largest absolute Gasteiger partial charge is 0.382 e. The van der Waals surface area contributed by atoms with Crippen LogP contribution in [0.15, 0.2) is 0 Å². The van der Waals surface area contributed by atoms with Crippen molar-refractivity contribution in [2.45, 2.75) is 167 Å². The van der Waals surface area contributed by atoms with Crippen molar-refractivity contribution in [2.75, 3.05) is 26.8 Å². The average Bonchev–Trinajstić information content (AvgIpc) is 3.20. The van der Waals surface area contributed by atoms with Crippen LogP contribution in [0.3, 0.4) is 0 Å². The number of ether oxygens (including phenoxy) is 2. The van der Waals surface area contributed by atoms with Crippen molar-refractivity contribution in [3.63, 3.8) is 0 Å². The van der Waals surface area contributed by atoms with E-state index < -0.39 is 0 Å². The average molecular weight is 480 g/mol. The van der Waals surface area contributed by atoms with E-state index >= 15 is 0 Å². The fraction of sp³-hybridized carbons (Fsp3) is 1.00. The van der Waals surface area contributed by atoms with Crippen molar-refractivity contribution in [1.29, 1.82) is 0 Å². The van der Waals surface area contributed by atoms with Crippen LogP contribution in [-0.4, -0.2) is 57.7 Å². The molecule has 0 bridgehead atoms. The first-order valence-electron chi connectivity index (χ1n) is 15.6.